The highest BCUT2D eigenvalue weighted by Crippen LogP contribution is 2.27. The van der Waals surface area contributed by atoms with Crippen molar-refractivity contribution in [3.8, 4) is 11.4 Å². The summed E-state index contributed by atoms with van der Waals surface area (Å²) in [6.07, 6.45) is 2.57. The van der Waals surface area contributed by atoms with Crippen LogP contribution in [0.15, 0.2) is 42.7 Å². The van der Waals surface area contributed by atoms with E-state index in [4.69, 9.17) is 0 Å². The van der Waals surface area contributed by atoms with Gasteiger partial charge in [-0.25, -0.2) is 9.97 Å². The maximum Gasteiger partial charge on any atom is 0.211 e. The van der Waals surface area contributed by atoms with Gasteiger partial charge in [0.2, 0.25) is 6.41 Å². The molecule has 0 bridgehead atoms. The minimum Gasteiger partial charge on any atom is -0.338 e. The second kappa shape index (κ2) is 7.82. The molecule has 0 saturated heterocycles. The van der Waals surface area contributed by atoms with E-state index in [1.807, 2.05) is 30.6 Å². The fraction of sp³-hybridized carbons (Fsp3) is 0.286. The number of fused-ring (bicyclic) bond motifs is 2. The number of aromatic amines is 1. The summed E-state index contributed by atoms with van der Waals surface area (Å²) in [6.45, 7) is 8.41. The number of benzene rings is 2. The molecule has 7 nitrogen and oxygen atoms in total. The topological polar surface area (TPSA) is 78.8 Å². The number of likely N-dealkylation sites (N-methyl/N-ethyl adjacent to an activating group) is 1. The molecular formula is C21H24N6O. The molecule has 28 heavy (non-hydrogen) atoms. The van der Waals surface area contributed by atoms with Gasteiger partial charge in [0.25, 0.3) is 0 Å². The van der Waals surface area contributed by atoms with Crippen molar-refractivity contribution in [2.24, 2.45) is 0 Å². The van der Waals surface area contributed by atoms with Crippen molar-refractivity contribution in [1.82, 2.24) is 24.4 Å². The van der Waals surface area contributed by atoms with Gasteiger partial charge in [0.15, 0.2) is 0 Å². The van der Waals surface area contributed by atoms with Gasteiger partial charge in [-0.15, -0.1) is 0 Å². The predicted octanol–water partition coefficient (Wildman–Crippen LogP) is 3.49. The Labute approximate surface area is 163 Å². The molecule has 0 spiro atoms. The molecule has 144 valence electrons. The van der Waals surface area contributed by atoms with Crippen molar-refractivity contribution in [2.45, 2.75) is 20.4 Å². The van der Waals surface area contributed by atoms with Gasteiger partial charge in [0.1, 0.15) is 11.3 Å². The second-order valence-electron chi connectivity index (χ2n) is 6.72. The lowest BCUT2D eigenvalue weighted by Crippen LogP contribution is -2.26. The van der Waals surface area contributed by atoms with E-state index < -0.39 is 0 Å². The van der Waals surface area contributed by atoms with E-state index in [-0.39, 0.29) is 0 Å². The fourth-order valence-electron chi connectivity index (χ4n) is 3.53. The predicted molar refractivity (Wildman–Crippen MR) is 112 cm³/mol. The number of amides is 1. The normalized spacial score (nSPS) is 11.5. The van der Waals surface area contributed by atoms with E-state index in [1.165, 1.54) is 0 Å². The first-order valence-corrected chi connectivity index (χ1v) is 9.60. The number of H-pyrrole nitrogens is 1. The summed E-state index contributed by atoms with van der Waals surface area (Å²) in [5.41, 5.74) is 5.35. The van der Waals surface area contributed by atoms with Crippen LogP contribution in [0.2, 0.25) is 0 Å². The van der Waals surface area contributed by atoms with E-state index in [2.05, 4.69) is 55.7 Å². The number of nitrogens with zero attached hydrogens (tertiary/aromatic N) is 4. The average molecular weight is 376 g/mol. The zero-order valence-electron chi connectivity index (χ0n) is 16.1. The van der Waals surface area contributed by atoms with Gasteiger partial charge in [-0.1, -0.05) is 19.9 Å². The molecule has 0 aliphatic rings. The van der Waals surface area contributed by atoms with Crippen LogP contribution in [-0.2, 0) is 11.3 Å². The number of rotatable bonds is 8. The Morgan fingerprint density at radius 2 is 2.07 bits per heavy atom. The van der Waals surface area contributed by atoms with Crippen LogP contribution in [0, 0.1) is 0 Å². The lowest BCUT2D eigenvalue weighted by molar-refractivity contribution is -0.105. The van der Waals surface area contributed by atoms with Crippen molar-refractivity contribution >= 4 is 34.2 Å². The van der Waals surface area contributed by atoms with E-state index in [0.29, 0.717) is 12.1 Å². The van der Waals surface area contributed by atoms with Crippen LogP contribution < -0.4 is 5.32 Å². The zero-order chi connectivity index (χ0) is 19.5. The number of anilines is 1. The third-order valence-corrected chi connectivity index (χ3v) is 5.17. The maximum absolute atomic E-state index is 10.8. The van der Waals surface area contributed by atoms with Crippen LogP contribution in [0.1, 0.15) is 13.8 Å². The molecule has 4 rings (SSSR count). The van der Waals surface area contributed by atoms with Crippen molar-refractivity contribution in [1.29, 1.82) is 0 Å². The molecule has 2 heterocycles. The molecule has 2 aromatic carbocycles. The van der Waals surface area contributed by atoms with Crippen LogP contribution in [-0.4, -0.2) is 50.5 Å². The molecule has 1 amide bonds. The van der Waals surface area contributed by atoms with E-state index >= 15 is 0 Å². The summed E-state index contributed by atoms with van der Waals surface area (Å²) in [5.74, 6) is 0.759. The van der Waals surface area contributed by atoms with Crippen molar-refractivity contribution in [2.75, 3.05) is 25.0 Å². The molecule has 7 heteroatoms. The van der Waals surface area contributed by atoms with Gasteiger partial charge < -0.3 is 19.8 Å². The van der Waals surface area contributed by atoms with Crippen LogP contribution >= 0.6 is 0 Å². The number of para-hydroxylation sites is 1. The number of imidazole rings is 2. The van der Waals surface area contributed by atoms with Crippen molar-refractivity contribution in [3.63, 3.8) is 0 Å². The summed E-state index contributed by atoms with van der Waals surface area (Å²) in [5, 5.41) is 2.70. The molecule has 0 aliphatic carbocycles. The molecular weight excluding hydrogens is 352 g/mol. The Morgan fingerprint density at radius 3 is 2.86 bits per heavy atom. The van der Waals surface area contributed by atoms with Crippen molar-refractivity contribution in [3.05, 3.63) is 42.7 Å². The Hall–Kier alpha value is -3.19. The van der Waals surface area contributed by atoms with Crippen LogP contribution in [0.3, 0.4) is 0 Å². The fourth-order valence-corrected chi connectivity index (χ4v) is 3.53. The van der Waals surface area contributed by atoms with Crippen molar-refractivity contribution < 1.29 is 4.79 Å². The molecule has 2 N–H and O–H groups in total. The van der Waals surface area contributed by atoms with E-state index in [1.54, 1.807) is 0 Å². The van der Waals surface area contributed by atoms with Crippen LogP contribution in [0.25, 0.3) is 33.5 Å². The Morgan fingerprint density at radius 1 is 1.21 bits per heavy atom. The molecule has 2 aromatic heterocycles. The van der Waals surface area contributed by atoms with Crippen LogP contribution in [0.4, 0.5) is 5.69 Å². The largest absolute Gasteiger partial charge is 0.338 e. The van der Waals surface area contributed by atoms with Gasteiger partial charge in [-0.2, -0.15) is 0 Å². The first kappa shape index (κ1) is 18.2. The number of hydrogen-bond donors (Lipinski definition) is 2. The van der Waals surface area contributed by atoms with Gasteiger partial charge >= 0.3 is 0 Å². The number of aromatic nitrogens is 4. The third kappa shape index (κ3) is 3.36. The lowest BCUT2D eigenvalue weighted by atomic mass is 10.2. The highest BCUT2D eigenvalue weighted by Gasteiger charge is 2.11. The van der Waals surface area contributed by atoms with E-state index in [0.717, 1.165) is 59.6 Å². The number of carbonyl (C=O) groups excluding carboxylic acids is 1. The third-order valence-electron chi connectivity index (χ3n) is 5.17. The van der Waals surface area contributed by atoms with Gasteiger partial charge in [0, 0.05) is 18.7 Å². The molecule has 0 saturated carbocycles. The number of hydrogen-bond acceptors (Lipinski definition) is 4. The minimum atomic E-state index is 0.667. The summed E-state index contributed by atoms with van der Waals surface area (Å²) in [7, 11) is 0. The van der Waals surface area contributed by atoms with Gasteiger partial charge in [-0.3, -0.25) is 4.79 Å². The lowest BCUT2D eigenvalue weighted by Gasteiger charge is -2.18. The summed E-state index contributed by atoms with van der Waals surface area (Å²) in [6, 6.07) is 11.9. The van der Waals surface area contributed by atoms with Gasteiger partial charge in [0.05, 0.1) is 28.6 Å². The highest BCUT2D eigenvalue weighted by atomic mass is 16.1. The maximum atomic E-state index is 10.8. The summed E-state index contributed by atoms with van der Waals surface area (Å²) < 4.78 is 2.20. The zero-order valence-corrected chi connectivity index (χ0v) is 16.1. The first-order valence-electron chi connectivity index (χ1n) is 9.60. The number of carbonyl (C=O) groups is 1. The number of nitrogens with one attached hydrogen (secondary N) is 2. The molecule has 4 aromatic rings. The first-order chi connectivity index (χ1) is 13.7. The van der Waals surface area contributed by atoms with Crippen LogP contribution in [0.5, 0.6) is 0 Å². The molecule has 0 fully saturated rings. The second-order valence-corrected chi connectivity index (χ2v) is 6.72. The summed E-state index contributed by atoms with van der Waals surface area (Å²) >= 11 is 0. The minimum absolute atomic E-state index is 0.667. The average Bonchev–Trinajstić information content (AvgIpc) is 3.33. The highest BCUT2D eigenvalue weighted by molar-refractivity contribution is 5.94. The standard InChI is InChI=1S/C21H24N6O/c1-3-26(4-2)10-11-27-13-22-18-12-15(8-9-19(18)27)21-24-17-7-5-6-16(23-14-28)20(17)25-21/h5-9,12-14H,3-4,10-11H2,1-2H3,(H,23,28)(H,24,25). The van der Waals surface area contributed by atoms with E-state index in [9.17, 15) is 4.79 Å². The Bertz CT molecular complexity index is 1110. The quantitative estimate of drug-likeness (QED) is 0.462. The SMILES string of the molecule is CCN(CC)CCn1cnc2cc(-c3nc4c(NC=O)cccc4[nH]3)ccc21. The van der Waals surface area contributed by atoms with Gasteiger partial charge in [-0.05, 0) is 43.4 Å². The summed E-state index contributed by atoms with van der Waals surface area (Å²) in [4.78, 5) is 25.8. The molecule has 0 atom stereocenters. The molecule has 0 radical (unpaired) electrons. The smallest absolute Gasteiger partial charge is 0.211 e. The monoisotopic (exact) mass is 376 g/mol. The Balaban J connectivity index is 1.64. The Kier molecular flexibility index (Phi) is 5.08. The molecule has 0 unspecified atom stereocenters. The molecule has 0 aliphatic heterocycles.